The number of anilines is 1. The van der Waals surface area contributed by atoms with E-state index in [4.69, 9.17) is 39.5 Å². The van der Waals surface area contributed by atoms with E-state index in [1.54, 1.807) is 49.4 Å². The van der Waals surface area contributed by atoms with Crippen LogP contribution in [0.15, 0.2) is 71.6 Å². The van der Waals surface area contributed by atoms with Gasteiger partial charge in [-0.2, -0.15) is 0 Å². The van der Waals surface area contributed by atoms with E-state index in [-0.39, 0.29) is 44.9 Å². The molecule has 0 aliphatic heterocycles. The highest BCUT2D eigenvalue weighted by Gasteiger charge is 2.34. The van der Waals surface area contributed by atoms with Crippen molar-refractivity contribution in [1.82, 2.24) is 10.2 Å². The lowest BCUT2D eigenvalue weighted by Crippen LogP contribution is -2.52. The zero-order valence-electron chi connectivity index (χ0n) is 23.1. The van der Waals surface area contributed by atoms with Gasteiger partial charge in [0.2, 0.25) is 11.8 Å². The van der Waals surface area contributed by atoms with Crippen LogP contribution in [0.4, 0.5) is 5.69 Å². The van der Waals surface area contributed by atoms with Gasteiger partial charge in [-0.3, -0.25) is 13.9 Å². The summed E-state index contributed by atoms with van der Waals surface area (Å²) in [5.41, 5.74) is 0.678. The van der Waals surface area contributed by atoms with Crippen LogP contribution in [0, 0.1) is 0 Å². The van der Waals surface area contributed by atoms with E-state index in [0.717, 1.165) is 4.31 Å². The monoisotopic (exact) mass is 639 g/mol. The van der Waals surface area contributed by atoms with Crippen molar-refractivity contribution in [3.63, 3.8) is 0 Å². The summed E-state index contributed by atoms with van der Waals surface area (Å²) in [6.45, 7) is 4.70. The lowest BCUT2D eigenvalue weighted by atomic mass is 10.1. The van der Waals surface area contributed by atoms with Gasteiger partial charge in [0.1, 0.15) is 18.3 Å². The van der Waals surface area contributed by atoms with Crippen LogP contribution in [0.3, 0.4) is 0 Å². The molecule has 0 saturated heterocycles. The predicted molar refractivity (Wildman–Crippen MR) is 163 cm³/mol. The second-order valence-corrected chi connectivity index (χ2v) is 12.5. The van der Waals surface area contributed by atoms with E-state index >= 15 is 0 Å². The van der Waals surface area contributed by atoms with Gasteiger partial charge in [0, 0.05) is 17.6 Å². The minimum atomic E-state index is -4.28. The van der Waals surface area contributed by atoms with Crippen LogP contribution in [0.25, 0.3) is 0 Å². The second-order valence-electron chi connectivity index (χ2n) is 9.40. The first-order valence-corrected chi connectivity index (χ1v) is 15.4. The molecule has 3 aromatic rings. The number of methoxy groups -OCH3 is 1. The first-order valence-electron chi connectivity index (χ1n) is 12.8. The lowest BCUT2D eigenvalue weighted by Gasteiger charge is -2.33. The maximum atomic E-state index is 14.1. The molecule has 0 saturated carbocycles. The number of hydrogen-bond acceptors (Lipinski definition) is 5. The van der Waals surface area contributed by atoms with E-state index in [2.05, 4.69) is 5.32 Å². The molecule has 0 heterocycles. The van der Waals surface area contributed by atoms with Crippen molar-refractivity contribution in [2.75, 3.05) is 18.0 Å². The molecule has 41 heavy (non-hydrogen) atoms. The number of ether oxygens (including phenoxy) is 1. The van der Waals surface area contributed by atoms with Crippen LogP contribution in [0.2, 0.25) is 15.1 Å². The number of benzene rings is 3. The van der Waals surface area contributed by atoms with Crippen LogP contribution in [-0.2, 0) is 26.2 Å². The van der Waals surface area contributed by atoms with Crippen LogP contribution < -0.4 is 14.4 Å². The Kier molecular flexibility index (Phi) is 11.3. The number of rotatable bonds is 12. The number of nitrogens with zero attached hydrogens (tertiary/aromatic N) is 2. The van der Waals surface area contributed by atoms with Gasteiger partial charge in [-0.25, -0.2) is 8.42 Å². The summed E-state index contributed by atoms with van der Waals surface area (Å²) in [4.78, 5) is 28.5. The Bertz CT molecular complexity index is 1490. The first kappa shape index (κ1) is 32.5. The topological polar surface area (TPSA) is 96.0 Å². The molecule has 3 aromatic carbocycles. The van der Waals surface area contributed by atoms with Gasteiger partial charge in [-0.15, -0.1) is 0 Å². The molecule has 0 radical (unpaired) electrons. The Morgan fingerprint density at radius 2 is 1.63 bits per heavy atom. The maximum Gasteiger partial charge on any atom is 0.264 e. The van der Waals surface area contributed by atoms with Gasteiger partial charge in [-0.1, -0.05) is 66.0 Å². The Balaban J connectivity index is 2.10. The lowest BCUT2D eigenvalue weighted by molar-refractivity contribution is -0.139. The highest BCUT2D eigenvalue weighted by atomic mass is 35.5. The SMILES string of the molecule is CCC(C)NC(=O)C(C)N(Cc1ccc(Cl)c(Cl)c1)C(=O)CN(c1cc(Cl)ccc1OC)S(=O)(=O)c1ccccc1. The summed E-state index contributed by atoms with van der Waals surface area (Å²) in [6.07, 6.45) is 0.691. The Labute approximate surface area is 256 Å². The zero-order valence-corrected chi connectivity index (χ0v) is 26.2. The third-order valence-electron chi connectivity index (χ3n) is 6.52. The van der Waals surface area contributed by atoms with Gasteiger partial charge in [0.05, 0.1) is 27.7 Å². The van der Waals surface area contributed by atoms with E-state index < -0.39 is 28.5 Å². The van der Waals surface area contributed by atoms with Gasteiger partial charge in [0.25, 0.3) is 10.0 Å². The molecule has 3 rings (SSSR count). The molecule has 0 spiro atoms. The highest BCUT2D eigenvalue weighted by molar-refractivity contribution is 7.92. The molecular weight excluding hydrogens is 609 g/mol. The Morgan fingerprint density at radius 3 is 2.24 bits per heavy atom. The summed E-state index contributed by atoms with van der Waals surface area (Å²) in [6, 6.07) is 16.0. The van der Waals surface area contributed by atoms with Gasteiger partial charge in [0.15, 0.2) is 0 Å². The largest absolute Gasteiger partial charge is 0.495 e. The average molecular weight is 641 g/mol. The van der Waals surface area contributed by atoms with E-state index in [1.807, 2.05) is 13.8 Å². The number of carbonyl (C=O) groups excluding carboxylic acids is 2. The Hall–Kier alpha value is -2.98. The number of hydrogen-bond donors (Lipinski definition) is 1. The van der Waals surface area contributed by atoms with Crippen molar-refractivity contribution in [3.05, 3.63) is 87.4 Å². The van der Waals surface area contributed by atoms with Crippen LogP contribution in [-0.4, -0.2) is 50.9 Å². The standard InChI is InChI=1S/C29H32Cl3N3O5S/c1-5-19(2)33-29(37)20(3)34(17-21-11-13-24(31)25(32)15-21)28(36)18-35(26-16-22(30)12-14-27(26)40-4)41(38,39)23-9-7-6-8-10-23/h6-16,19-20H,5,17-18H2,1-4H3,(H,33,37). The van der Waals surface area contributed by atoms with E-state index in [0.29, 0.717) is 17.0 Å². The molecule has 0 aliphatic carbocycles. The first-order chi connectivity index (χ1) is 19.4. The number of nitrogens with one attached hydrogen (secondary N) is 1. The molecule has 0 bridgehead atoms. The fraction of sp³-hybridized carbons (Fsp3) is 0.310. The van der Waals surface area contributed by atoms with Crippen LogP contribution >= 0.6 is 34.8 Å². The summed E-state index contributed by atoms with van der Waals surface area (Å²) in [5.74, 6) is -0.824. The molecule has 12 heteroatoms. The Morgan fingerprint density at radius 1 is 0.951 bits per heavy atom. The van der Waals surface area contributed by atoms with Gasteiger partial charge < -0.3 is 15.0 Å². The molecule has 1 N–H and O–H groups in total. The number of sulfonamides is 1. The summed E-state index contributed by atoms with van der Waals surface area (Å²) in [5, 5.41) is 3.75. The van der Waals surface area contributed by atoms with Crippen molar-refractivity contribution in [2.24, 2.45) is 0 Å². The molecular formula is C29H32Cl3N3O5S. The third kappa shape index (κ3) is 8.07. The van der Waals surface area contributed by atoms with Crippen molar-refractivity contribution in [2.45, 2.75) is 50.7 Å². The molecule has 8 nitrogen and oxygen atoms in total. The molecule has 2 atom stereocenters. The second kappa shape index (κ2) is 14.3. The molecule has 220 valence electrons. The smallest absolute Gasteiger partial charge is 0.264 e. The van der Waals surface area contributed by atoms with Gasteiger partial charge in [-0.05, 0) is 68.3 Å². The van der Waals surface area contributed by atoms with Crippen molar-refractivity contribution in [3.8, 4) is 5.75 Å². The fourth-order valence-electron chi connectivity index (χ4n) is 3.97. The van der Waals surface area contributed by atoms with Crippen molar-refractivity contribution >= 4 is 62.3 Å². The maximum absolute atomic E-state index is 14.1. The predicted octanol–water partition coefficient (Wildman–Crippen LogP) is 6.18. The van der Waals surface area contributed by atoms with Crippen LogP contribution in [0.5, 0.6) is 5.75 Å². The molecule has 0 aromatic heterocycles. The van der Waals surface area contributed by atoms with Gasteiger partial charge >= 0.3 is 0 Å². The normalized spacial score (nSPS) is 12.8. The summed E-state index contributed by atoms with van der Waals surface area (Å²) in [7, 11) is -2.89. The van der Waals surface area contributed by atoms with Crippen molar-refractivity contribution < 1.29 is 22.7 Å². The average Bonchev–Trinajstić information content (AvgIpc) is 2.96. The fourth-order valence-corrected chi connectivity index (χ4v) is 5.90. The van der Waals surface area contributed by atoms with Crippen LogP contribution in [0.1, 0.15) is 32.8 Å². The number of halogens is 3. The van der Waals surface area contributed by atoms with Crippen molar-refractivity contribution in [1.29, 1.82) is 0 Å². The zero-order chi connectivity index (χ0) is 30.3. The summed E-state index contributed by atoms with van der Waals surface area (Å²) >= 11 is 18.6. The van der Waals surface area contributed by atoms with E-state index in [9.17, 15) is 18.0 Å². The minimum absolute atomic E-state index is 0.0310. The third-order valence-corrected chi connectivity index (χ3v) is 9.27. The quantitative estimate of drug-likeness (QED) is 0.255. The highest BCUT2D eigenvalue weighted by Crippen LogP contribution is 2.35. The molecule has 0 aliphatic rings. The minimum Gasteiger partial charge on any atom is -0.495 e. The number of carbonyl (C=O) groups is 2. The van der Waals surface area contributed by atoms with E-state index in [1.165, 1.54) is 36.3 Å². The molecule has 2 amide bonds. The summed E-state index contributed by atoms with van der Waals surface area (Å²) < 4.78 is 34.3. The number of amides is 2. The molecule has 0 fully saturated rings. The molecule has 2 unspecified atom stereocenters.